The number of benzene rings is 1. The van der Waals surface area contributed by atoms with Gasteiger partial charge in [-0.1, -0.05) is 13.8 Å². The number of pyridine rings is 2. The molecule has 0 bridgehead atoms. The summed E-state index contributed by atoms with van der Waals surface area (Å²) < 4.78 is 4.68. The molecule has 0 radical (unpaired) electrons. The standard InChI is InChI=1S/C18H18N4O2.C2H6/c1-22(2)13-5-6-15-14(10-13)16(8-9-19-15)21-17-7-4-12(11-20-17)18(23)24-3;1-2/h4-11H,1-3H3,(H,19,20,21);1-2H3. The highest BCUT2D eigenvalue weighted by Crippen LogP contribution is 2.27. The molecule has 3 rings (SSSR count). The van der Waals surface area contributed by atoms with E-state index >= 15 is 0 Å². The van der Waals surface area contributed by atoms with E-state index < -0.39 is 5.97 Å². The lowest BCUT2D eigenvalue weighted by molar-refractivity contribution is 0.0600. The van der Waals surface area contributed by atoms with Crippen molar-refractivity contribution in [1.82, 2.24) is 9.97 Å². The lowest BCUT2D eigenvalue weighted by atomic mass is 10.1. The Morgan fingerprint density at radius 1 is 1.08 bits per heavy atom. The number of rotatable bonds is 4. The Bertz CT molecular complexity index is 877. The van der Waals surface area contributed by atoms with Crippen molar-refractivity contribution in [2.75, 3.05) is 31.4 Å². The average molecular weight is 352 g/mol. The minimum Gasteiger partial charge on any atom is -0.465 e. The topological polar surface area (TPSA) is 67.3 Å². The number of hydrogen-bond donors (Lipinski definition) is 1. The van der Waals surface area contributed by atoms with Crippen LogP contribution in [0.3, 0.4) is 0 Å². The van der Waals surface area contributed by atoms with Crippen LogP contribution >= 0.6 is 0 Å². The van der Waals surface area contributed by atoms with Crippen LogP contribution in [0.5, 0.6) is 0 Å². The minimum absolute atomic E-state index is 0.404. The first-order valence-electron chi connectivity index (χ1n) is 8.46. The van der Waals surface area contributed by atoms with Gasteiger partial charge in [-0.2, -0.15) is 0 Å². The maximum Gasteiger partial charge on any atom is 0.339 e. The molecule has 0 amide bonds. The van der Waals surface area contributed by atoms with Gasteiger partial charge in [0.05, 0.1) is 23.9 Å². The van der Waals surface area contributed by atoms with E-state index in [0.29, 0.717) is 11.4 Å². The van der Waals surface area contributed by atoms with Crippen molar-refractivity contribution in [2.24, 2.45) is 0 Å². The van der Waals surface area contributed by atoms with Gasteiger partial charge in [-0.25, -0.2) is 9.78 Å². The first-order chi connectivity index (χ1) is 12.6. The molecule has 1 aromatic carbocycles. The summed E-state index contributed by atoms with van der Waals surface area (Å²) in [5, 5.41) is 4.28. The summed E-state index contributed by atoms with van der Waals surface area (Å²) in [5.74, 6) is 0.240. The van der Waals surface area contributed by atoms with Gasteiger partial charge in [-0.15, -0.1) is 0 Å². The van der Waals surface area contributed by atoms with Crippen LogP contribution in [-0.2, 0) is 4.74 Å². The van der Waals surface area contributed by atoms with E-state index in [1.165, 1.54) is 13.3 Å². The lowest BCUT2D eigenvalue weighted by Crippen LogP contribution is -2.08. The number of hydrogen-bond acceptors (Lipinski definition) is 6. The number of carbonyl (C=O) groups is 1. The Labute approximate surface area is 153 Å². The number of methoxy groups -OCH3 is 1. The van der Waals surface area contributed by atoms with Crippen molar-refractivity contribution in [1.29, 1.82) is 0 Å². The SMILES string of the molecule is CC.COC(=O)c1ccc(Nc2ccnc3ccc(N(C)C)cc23)nc1. The third-order valence-electron chi connectivity index (χ3n) is 3.69. The van der Waals surface area contributed by atoms with E-state index in [9.17, 15) is 4.79 Å². The summed E-state index contributed by atoms with van der Waals surface area (Å²) in [7, 11) is 5.34. The van der Waals surface area contributed by atoms with E-state index in [1.54, 1.807) is 18.3 Å². The second kappa shape index (κ2) is 8.80. The quantitative estimate of drug-likeness (QED) is 0.708. The Kier molecular flexibility index (Phi) is 6.49. The Morgan fingerprint density at radius 2 is 1.85 bits per heavy atom. The third kappa shape index (κ3) is 4.27. The first kappa shape index (κ1) is 19.2. The summed E-state index contributed by atoms with van der Waals surface area (Å²) in [6, 6.07) is 11.4. The van der Waals surface area contributed by atoms with Crippen LogP contribution in [0.25, 0.3) is 10.9 Å². The molecule has 6 nitrogen and oxygen atoms in total. The zero-order chi connectivity index (χ0) is 19.1. The number of aromatic nitrogens is 2. The average Bonchev–Trinajstić information content (AvgIpc) is 2.69. The molecular weight excluding hydrogens is 328 g/mol. The Hall–Kier alpha value is -3.15. The van der Waals surface area contributed by atoms with Crippen LogP contribution < -0.4 is 10.2 Å². The second-order valence-electron chi connectivity index (χ2n) is 5.50. The van der Waals surface area contributed by atoms with Gasteiger partial charge < -0.3 is 15.0 Å². The molecule has 0 spiro atoms. The number of esters is 1. The highest BCUT2D eigenvalue weighted by atomic mass is 16.5. The normalized spacial score (nSPS) is 9.88. The van der Waals surface area contributed by atoms with Gasteiger partial charge in [0.15, 0.2) is 0 Å². The van der Waals surface area contributed by atoms with Crippen molar-refractivity contribution < 1.29 is 9.53 Å². The van der Waals surface area contributed by atoms with Crippen LogP contribution in [0, 0.1) is 0 Å². The van der Waals surface area contributed by atoms with Gasteiger partial charge in [0, 0.05) is 37.6 Å². The molecule has 0 aliphatic rings. The highest BCUT2D eigenvalue weighted by Gasteiger charge is 2.08. The van der Waals surface area contributed by atoms with Gasteiger partial charge in [0.1, 0.15) is 5.82 Å². The summed E-state index contributed by atoms with van der Waals surface area (Å²) in [5.41, 5.74) is 3.31. The minimum atomic E-state index is -0.404. The number of nitrogens with one attached hydrogen (secondary N) is 1. The van der Waals surface area contributed by atoms with Crippen LogP contribution in [0.1, 0.15) is 24.2 Å². The molecule has 0 saturated heterocycles. The number of carbonyl (C=O) groups excluding carboxylic acids is 1. The fourth-order valence-electron chi connectivity index (χ4n) is 2.37. The molecule has 136 valence electrons. The molecular formula is C20H24N4O2. The van der Waals surface area contributed by atoms with E-state index in [2.05, 4.69) is 26.1 Å². The molecule has 0 aliphatic carbocycles. The zero-order valence-electron chi connectivity index (χ0n) is 15.8. The number of anilines is 3. The first-order valence-corrected chi connectivity index (χ1v) is 8.46. The third-order valence-corrected chi connectivity index (χ3v) is 3.69. The maximum atomic E-state index is 11.5. The van der Waals surface area contributed by atoms with Gasteiger partial charge in [-0.3, -0.25) is 4.98 Å². The van der Waals surface area contributed by atoms with E-state index in [0.717, 1.165) is 22.3 Å². The predicted molar refractivity (Wildman–Crippen MR) is 106 cm³/mol. The van der Waals surface area contributed by atoms with Gasteiger partial charge >= 0.3 is 5.97 Å². The summed E-state index contributed by atoms with van der Waals surface area (Å²) >= 11 is 0. The van der Waals surface area contributed by atoms with Crippen LogP contribution in [0.15, 0.2) is 48.8 Å². The van der Waals surface area contributed by atoms with Crippen LogP contribution in [-0.4, -0.2) is 37.1 Å². The molecule has 0 atom stereocenters. The molecule has 2 heterocycles. The molecule has 3 aromatic rings. The predicted octanol–water partition coefficient (Wildman–Crippen LogP) is 4.25. The van der Waals surface area contributed by atoms with Gasteiger partial charge in [0.2, 0.25) is 0 Å². The van der Waals surface area contributed by atoms with Crippen molar-refractivity contribution in [3.05, 3.63) is 54.4 Å². The van der Waals surface area contributed by atoms with Crippen LogP contribution in [0.2, 0.25) is 0 Å². The molecule has 6 heteroatoms. The Morgan fingerprint density at radius 3 is 2.46 bits per heavy atom. The molecule has 0 saturated carbocycles. The maximum absolute atomic E-state index is 11.5. The molecule has 0 fully saturated rings. The monoisotopic (exact) mass is 352 g/mol. The largest absolute Gasteiger partial charge is 0.465 e. The number of ether oxygens (including phenoxy) is 1. The molecule has 26 heavy (non-hydrogen) atoms. The van der Waals surface area contributed by atoms with Crippen molar-refractivity contribution >= 4 is 34.1 Å². The molecule has 0 unspecified atom stereocenters. The van der Waals surface area contributed by atoms with E-state index in [-0.39, 0.29) is 0 Å². The summed E-state index contributed by atoms with van der Waals surface area (Å²) in [6.07, 6.45) is 3.24. The summed E-state index contributed by atoms with van der Waals surface area (Å²) in [4.78, 5) is 22.2. The zero-order valence-corrected chi connectivity index (χ0v) is 15.8. The van der Waals surface area contributed by atoms with E-state index in [4.69, 9.17) is 0 Å². The van der Waals surface area contributed by atoms with Gasteiger partial charge in [-0.05, 0) is 36.4 Å². The smallest absolute Gasteiger partial charge is 0.339 e. The fraction of sp³-hybridized carbons (Fsp3) is 0.250. The Balaban J connectivity index is 0.00000117. The lowest BCUT2D eigenvalue weighted by Gasteiger charge is -2.15. The fourth-order valence-corrected chi connectivity index (χ4v) is 2.37. The molecule has 0 aliphatic heterocycles. The molecule has 1 N–H and O–H groups in total. The molecule has 2 aromatic heterocycles. The number of nitrogens with zero attached hydrogens (tertiary/aromatic N) is 3. The van der Waals surface area contributed by atoms with Crippen molar-refractivity contribution in [3.63, 3.8) is 0 Å². The second-order valence-corrected chi connectivity index (χ2v) is 5.50. The highest BCUT2D eigenvalue weighted by molar-refractivity contribution is 5.95. The van der Waals surface area contributed by atoms with Crippen molar-refractivity contribution in [2.45, 2.75) is 13.8 Å². The number of fused-ring (bicyclic) bond motifs is 1. The van der Waals surface area contributed by atoms with E-state index in [1.807, 2.05) is 51.0 Å². The summed E-state index contributed by atoms with van der Waals surface area (Å²) in [6.45, 7) is 4.00. The van der Waals surface area contributed by atoms with Crippen molar-refractivity contribution in [3.8, 4) is 0 Å². The van der Waals surface area contributed by atoms with Crippen LogP contribution in [0.4, 0.5) is 17.2 Å². The van der Waals surface area contributed by atoms with Gasteiger partial charge in [0.25, 0.3) is 0 Å².